The van der Waals surface area contributed by atoms with Gasteiger partial charge in [-0.25, -0.2) is 0 Å². The molecule has 0 fully saturated rings. The van der Waals surface area contributed by atoms with E-state index in [1.807, 2.05) is 0 Å². The lowest BCUT2D eigenvalue weighted by Crippen LogP contribution is -2.37. The number of rotatable bonds is 8. The molecular weight excluding hydrogens is 430 g/mol. The Bertz CT molecular complexity index is 879. The highest BCUT2D eigenvalue weighted by Crippen LogP contribution is 2.33. The molecule has 2 N–H and O–H groups in total. The van der Waals surface area contributed by atoms with Gasteiger partial charge in [-0.3, -0.25) is 19.2 Å². The summed E-state index contributed by atoms with van der Waals surface area (Å²) in [4.78, 5) is 47.9. The van der Waals surface area contributed by atoms with Crippen LogP contribution in [0.5, 0.6) is 11.5 Å². The molecule has 1 rings (SSSR count). The van der Waals surface area contributed by atoms with E-state index < -0.39 is 46.9 Å². The van der Waals surface area contributed by atoms with E-state index in [4.69, 9.17) is 24.7 Å². The molecule has 0 bridgehead atoms. The SMILES string of the molecule is CC(=O)OC[C@@H](C)OC(=O)[C@@H](N)Cc1ccc(OC(=O)C(C)(C)C)c(OC(=O)C(C)(C)C)c1. The zero-order valence-corrected chi connectivity index (χ0v) is 20.6. The predicted molar refractivity (Wildman–Crippen MR) is 120 cm³/mol. The minimum Gasteiger partial charge on any atom is -0.462 e. The summed E-state index contributed by atoms with van der Waals surface area (Å²) < 4.78 is 20.9. The lowest BCUT2D eigenvalue weighted by atomic mass is 9.97. The van der Waals surface area contributed by atoms with E-state index in [-0.39, 0.29) is 24.5 Å². The van der Waals surface area contributed by atoms with E-state index in [1.54, 1.807) is 54.5 Å². The van der Waals surface area contributed by atoms with Gasteiger partial charge in [0, 0.05) is 6.92 Å². The minimum atomic E-state index is -1.01. The predicted octanol–water partition coefficient (Wildman–Crippen LogP) is 2.95. The van der Waals surface area contributed by atoms with E-state index in [0.717, 1.165) is 0 Å². The first-order valence-corrected chi connectivity index (χ1v) is 10.7. The van der Waals surface area contributed by atoms with E-state index >= 15 is 0 Å². The fourth-order valence-corrected chi connectivity index (χ4v) is 2.24. The van der Waals surface area contributed by atoms with Crippen LogP contribution < -0.4 is 15.2 Å². The summed E-state index contributed by atoms with van der Waals surface area (Å²) in [7, 11) is 0. The average Bonchev–Trinajstić information content (AvgIpc) is 2.66. The van der Waals surface area contributed by atoms with Crippen molar-refractivity contribution >= 4 is 23.9 Å². The molecule has 0 aromatic heterocycles. The molecule has 0 saturated carbocycles. The summed E-state index contributed by atoms with van der Waals surface area (Å²) in [5.74, 6) is -2.03. The third-order valence-corrected chi connectivity index (χ3v) is 4.24. The number of hydrogen-bond donors (Lipinski definition) is 1. The maximum absolute atomic E-state index is 12.4. The Kier molecular flexibility index (Phi) is 9.59. The van der Waals surface area contributed by atoms with Crippen molar-refractivity contribution in [3.63, 3.8) is 0 Å². The first-order valence-electron chi connectivity index (χ1n) is 10.7. The summed E-state index contributed by atoms with van der Waals surface area (Å²) in [6.07, 6.45) is -0.581. The molecule has 0 radical (unpaired) electrons. The average molecular weight is 466 g/mol. The highest BCUT2D eigenvalue weighted by atomic mass is 16.6. The molecule has 9 nitrogen and oxygen atoms in total. The standard InChI is InChI=1S/C24H35NO8/c1-14(13-30-15(2)26)31-20(27)17(25)11-16-9-10-18(32-21(28)23(3,4)5)19(12-16)33-22(29)24(6,7)8/h9-10,12,14,17H,11,13,25H2,1-8H3/t14-,17+/m1/s1. The van der Waals surface area contributed by atoms with Gasteiger partial charge in [0.1, 0.15) is 18.8 Å². The molecule has 2 atom stereocenters. The van der Waals surface area contributed by atoms with Crippen LogP contribution in [0, 0.1) is 10.8 Å². The topological polar surface area (TPSA) is 131 Å². The lowest BCUT2D eigenvalue weighted by Gasteiger charge is -2.21. The zero-order valence-electron chi connectivity index (χ0n) is 20.6. The molecule has 184 valence electrons. The summed E-state index contributed by atoms with van der Waals surface area (Å²) in [5.41, 5.74) is 4.99. The van der Waals surface area contributed by atoms with Crippen molar-refractivity contribution in [2.75, 3.05) is 6.61 Å². The highest BCUT2D eigenvalue weighted by molar-refractivity contribution is 5.81. The van der Waals surface area contributed by atoms with Crippen LogP contribution in [0.2, 0.25) is 0 Å². The minimum absolute atomic E-state index is 0.0498. The van der Waals surface area contributed by atoms with Gasteiger partial charge >= 0.3 is 23.9 Å². The number of ether oxygens (including phenoxy) is 4. The van der Waals surface area contributed by atoms with Crippen LogP contribution in [-0.2, 0) is 35.1 Å². The van der Waals surface area contributed by atoms with Gasteiger partial charge in [-0.2, -0.15) is 0 Å². The van der Waals surface area contributed by atoms with Gasteiger partial charge in [0.15, 0.2) is 11.5 Å². The Balaban J connectivity index is 3.04. The number of carbonyl (C=O) groups excluding carboxylic acids is 4. The van der Waals surface area contributed by atoms with Crippen molar-refractivity contribution in [2.24, 2.45) is 16.6 Å². The molecule has 1 aromatic carbocycles. The van der Waals surface area contributed by atoms with Crippen LogP contribution in [-0.4, -0.2) is 42.6 Å². The van der Waals surface area contributed by atoms with Gasteiger partial charge in [-0.05, 0) is 72.6 Å². The van der Waals surface area contributed by atoms with Gasteiger partial charge in [0.05, 0.1) is 10.8 Å². The summed E-state index contributed by atoms with van der Waals surface area (Å²) in [6.45, 7) is 13.0. The van der Waals surface area contributed by atoms with Crippen molar-refractivity contribution < 1.29 is 38.1 Å². The van der Waals surface area contributed by atoms with Crippen molar-refractivity contribution in [2.45, 2.75) is 74.0 Å². The monoisotopic (exact) mass is 465 g/mol. The van der Waals surface area contributed by atoms with Gasteiger partial charge in [0.25, 0.3) is 0 Å². The molecule has 0 aliphatic rings. The van der Waals surface area contributed by atoms with Crippen LogP contribution in [0.25, 0.3) is 0 Å². The van der Waals surface area contributed by atoms with E-state index in [9.17, 15) is 19.2 Å². The number of esters is 4. The third kappa shape index (κ3) is 9.61. The van der Waals surface area contributed by atoms with E-state index in [2.05, 4.69) is 0 Å². The molecule has 0 aliphatic heterocycles. The number of benzene rings is 1. The number of hydrogen-bond acceptors (Lipinski definition) is 9. The van der Waals surface area contributed by atoms with Crippen molar-refractivity contribution in [3.05, 3.63) is 23.8 Å². The molecule has 0 aliphatic carbocycles. The lowest BCUT2D eigenvalue weighted by molar-refractivity contribution is -0.157. The van der Waals surface area contributed by atoms with E-state index in [0.29, 0.717) is 5.56 Å². The smallest absolute Gasteiger partial charge is 0.323 e. The molecule has 0 amide bonds. The number of nitrogens with two attached hydrogens (primary N) is 1. The van der Waals surface area contributed by atoms with Crippen molar-refractivity contribution in [1.82, 2.24) is 0 Å². The largest absolute Gasteiger partial charge is 0.462 e. The van der Waals surface area contributed by atoms with Gasteiger partial charge in [-0.15, -0.1) is 0 Å². The van der Waals surface area contributed by atoms with Crippen molar-refractivity contribution in [1.29, 1.82) is 0 Å². The van der Waals surface area contributed by atoms with Crippen LogP contribution in [0.1, 0.15) is 61.0 Å². The highest BCUT2D eigenvalue weighted by Gasteiger charge is 2.28. The number of carbonyl (C=O) groups is 4. The second-order valence-electron chi connectivity index (χ2n) is 9.92. The first-order chi connectivity index (χ1) is 15.0. The molecule has 0 spiro atoms. The molecule has 0 saturated heterocycles. The molecule has 33 heavy (non-hydrogen) atoms. The van der Waals surface area contributed by atoms with Gasteiger partial charge in [0.2, 0.25) is 0 Å². The molecule has 0 unspecified atom stereocenters. The summed E-state index contributed by atoms with van der Waals surface area (Å²) >= 11 is 0. The van der Waals surface area contributed by atoms with Crippen LogP contribution in [0.3, 0.4) is 0 Å². The molecule has 0 heterocycles. The second-order valence-corrected chi connectivity index (χ2v) is 9.92. The summed E-state index contributed by atoms with van der Waals surface area (Å²) in [5, 5.41) is 0. The molecule has 9 heteroatoms. The Morgan fingerprint density at radius 2 is 1.42 bits per heavy atom. The van der Waals surface area contributed by atoms with Crippen LogP contribution in [0.15, 0.2) is 18.2 Å². The fourth-order valence-electron chi connectivity index (χ4n) is 2.24. The molecule has 1 aromatic rings. The normalized spacial score (nSPS) is 13.5. The Morgan fingerprint density at radius 3 is 1.91 bits per heavy atom. The Morgan fingerprint density at radius 1 is 0.909 bits per heavy atom. The van der Waals surface area contributed by atoms with Gasteiger partial charge in [-0.1, -0.05) is 6.07 Å². The maximum Gasteiger partial charge on any atom is 0.323 e. The zero-order chi connectivity index (χ0) is 25.6. The molecular formula is C24H35NO8. The third-order valence-electron chi connectivity index (χ3n) is 4.24. The fraction of sp³-hybridized carbons (Fsp3) is 0.583. The maximum atomic E-state index is 12.4. The Labute approximate surface area is 194 Å². The first kappa shape index (κ1) is 28.1. The Hall–Kier alpha value is -2.94. The van der Waals surface area contributed by atoms with Crippen LogP contribution in [0.4, 0.5) is 0 Å². The van der Waals surface area contributed by atoms with Crippen LogP contribution >= 0.6 is 0 Å². The van der Waals surface area contributed by atoms with E-state index in [1.165, 1.54) is 19.1 Å². The second kappa shape index (κ2) is 11.3. The van der Waals surface area contributed by atoms with Gasteiger partial charge < -0.3 is 24.7 Å². The summed E-state index contributed by atoms with van der Waals surface area (Å²) in [6, 6.07) is 3.60. The quantitative estimate of drug-likeness (QED) is 0.454. The van der Waals surface area contributed by atoms with Crippen molar-refractivity contribution in [3.8, 4) is 11.5 Å².